The second-order valence-corrected chi connectivity index (χ2v) is 6.41. The largest absolute Gasteiger partial charge is 0.497 e. The third kappa shape index (κ3) is 2.28. The van der Waals surface area contributed by atoms with Gasteiger partial charge >= 0.3 is 0 Å². The molecule has 0 spiro atoms. The number of ether oxygens (including phenoxy) is 4. The first-order valence-corrected chi connectivity index (χ1v) is 8.28. The van der Waals surface area contributed by atoms with E-state index in [4.69, 9.17) is 23.9 Å². The van der Waals surface area contributed by atoms with Crippen molar-refractivity contribution in [3.63, 3.8) is 0 Å². The van der Waals surface area contributed by atoms with Crippen LogP contribution < -0.4 is 18.9 Å². The Kier molecular flexibility index (Phi) is 3.07. The van der Waals surface area contributed by atoms with Crippen molar-refractivity contribution in [3.8, 4) is 23.0 Å². The van der Waals surface area contributed by atoms with Crippen LogP contribution >= 0.6 is 0 Å². The minimum absolute atomic E-state index is 0.245. The second-order valence-electron chi connectivity index (χ2n) is 6.41. The molecule has 1 N–H and O–H groups in total. The zero-order valence-corrected chi connectivity index (χ0v) is 14.0. The summed E-state index contributed by atoms with van der Waals surface area (Å²) in [6.45, 7) is 0.245. The summed E-state index contributed by atoms with van der Waals surface area (Å²) in [4.78, 5) is 8.18. The number of hydrogen-bond acceptors (Lipinski definition) is 5. The summed E-state index contributed by atoms with van der Waals surface area (Å²) in [5.74, 6) is 4.81. The van der Waals surface area contributed by atoms with Gasteiger partial charge in [0.25, 0.3) is 0 Å². The standard InChI is InChI=1S/C19H18N2O4/c1-22-11-3-4-14-15(7-11)21-19(20-14)13-8-12(13)10-5-16(23-2)18-17(6-10)24-9-25-18/h3-7,12-13H,8-9H2,1-2H3,(H,20,21)/t12-,13+/m1/s1. The lowest BCUT2D eigenvalue weighted by Crippen LogP contribution is -1.93. The molecule has 0 radical (unpaired) electrons. The molecule has 128 valence electrons. The first-order chi connectivity index (χ1) is 12.3. The number of nitrogens with zero attached hydrogens (tertiary/aromatic N) is 1. The number of benzene rings is 2. The Balaban J connectivity index is 1.45. The van der Waals surface area contributed by atoms with Crippen molar-refractivity contribution < 1.29 is 18.9 Å². The smallest absolute Gasteiger partial charge is 0.231 e. The Morgan fingerprint density at radius 3 is 2.84 bits per heavy atom. The number of imidazole rings is 1. The summed E-state index contributed by atoms with van der Waals surface area (Å²) < 4.78 is 21.7. The minimum atomic E-state index is 0.245. The van der Waals surface area contributed by atoms with Gasteiger partial charge in [-0.05, 0) is 42.2 Å². The number of rotatable bonds is 4. The molecule has 0 bridgehead atoms. The number of H-pyrrole nitrogens is 1. The van der Waals surface area contributed by atoms with E-state index < -0.39 is 0 Å². The van der Waals surface area contributed by atoms with Gasteiger partial charge in [-0.3, -0.25) is 0 Å². The maximum Gasteiger partial charge on any atom is 0.231 e. The molecular formula is C19H18N2O4. The molecule has 2 aromatic carbocycles. The summed E-state index contributed by atoms with van der Waals surface area (Å²) >= 11 is 0. The van der Waals surface area contributed by atoms with Crippen molar-refractivity contribution >= 4 is 11.0 Å². The third-order valence-corrected chi connectivity index (χ3v) is 4.96. The summed E-state index contributed by atoms with van der Waals surface area (Å²) in [7, 11) is 3.32. The maximum atomic E-state index is 5.53. The molecule has 1 saturated carbocycles. The van der Waals surface area contributed by atoms with Crippen molar-refractivity contribution in [1.29, 1.82) is 0 Å². The lowest BCUT2D eigenvalue weighted by Gasteiger charge is -2.07. The molecule has 6 heteroatoms. The van der Waals surface area contributed by atoms with Crippen LogP contribution in [-0.4, -0.2) is 31.0 Å². The van der Waals surface area contributed by atoms with Crippen LogP contribution in [0.15, 0.2) is 30.3 Å². The number of hydrogen-bond donors (Lipinski definition) is 1. The van der Waals surface area contributed by atoms with E-state index in [1.807, 2.05) is 24.3 Å². The molecule has 2 aliphatic rings. The number of methoxy groups -OCH3 is 2. The number of aromatic amines is 1. The molecule has 5 rings (SSSR count). The third-order valence-electron chi connectivity index (χ3n) is 4.96. The molecule has 25 heavy (non-hydrogen) atoms. The van der Waals surface area contributed by atoms with Crippen LogP contribution in [0.4, 0.5) is 0 Å². The fraction of sp³-hybridized carbons (Fsp3) is 0.316. The zero-order valence-electron chi connectivity index (χ0n) is 14.0. The summed E-state index contributed by atoms with van der Waals surface area (Å²) in [5, 5.41) is 0. The van der Waals surface area contributed by atoms with Crippen LogP contribution in [0.1, 0.15) is 29.6 Å². The summed E-state index contributed by atoms with van der Waals surface area (Å²) in [6.07, 6.45) is 1.06. The monoisotopic (exact) mass is 338 g/mol. The normalized spacial score (nSPS) is 20.7. The van der Waals surface area contributed by atoms with Crippen molar-refractivity contribution in [2.45, 2.75) is 18.3 Å². The number of nitrogens with one attached hydrogen (secondary N) is 1. The molecule has 1 aliphatic carbocycles. The van der Waals surface area contributed by atoms with Gasteiger partial charge in [-0.2, -0.15) is 0 Å². The van der Waals surface area contributed by atoms with Gasteiger partial charge in [0.1, 0.15) is 11.6 Å². The Labute approximate surface area is 144 Å². The lowest BCUT2D eigenvalue weighted by molar-refractivity contribution is 0.171. The fourth-order valence-corrected chi connectivity index (χ4v) is 3.54. The zero-order chi connectivity index (χ0) is 17.0. The van der Waals surface area contributed by atoms with Gasteiger partial charge in [0.2, 0.25) is 12.5 Å². The average Bonchev–Trinajstić information content (AvgIpc) is 3.11. The molecule has 0 unspecified atom stereocenters. The SMILES string of the molecule is COc1ccc2nc([C@H]3C[C@@H]3c3cc(OC)c4c(c3)OCO4)[nH]c2c1. The van der Waals surface area contributed by atoms with Crippen molar-refractivity contribution in [2.24, 2.45) is 0 Å². The molecule has 1 aromatic heterocycles. The van der Waals surface area contributed by atoms with Crippen molar-refractivity contribution in [1.82, 2.24) is 9.97 Å². The van der Waals surface area contributed by atoms with E-state index in [2.05, 4.69) is 11.1 Å². The van der Waals surface area contributed by atoms with E-state index in [0.717, 1.165) is 40.5 Å². The van der Waals surface area contributed by atoms with Crippen LogP contribution in [0, 0.1) is 0 Å². The topological polar surface area (TPSA) is 65.6 Å². The van der Waals surface area contributed by atoms with Gasteiger partial charge in [0.15, 0.2) is 11.5 Å². The molecular weight excluding hydrogens is 320 g/mol. The highest BCUT2D eigenvalue weighted by Crippen LogP contribution is 2.56. The Morgan fingerprint density at radius 2 is 2.00 bits per heavy atom. The number of fused-ring (bicyclic) bond motifs is 2. The van der Waals surface area contributed by atoms with E-state index >= 15 is 0 Å². The molecule has 2 atom stereocenters. The quantitative estimate of drug-likeness (QED) is 0.788. The molecule has 0 saturated heterocycles. The van der Waals surface area contributed by atoms with Gasteiger partial charge in [0.05, 0.1) is 25.3 Å². The highest BCUT2D eigenvalue weighted by molar-refractivity contribution is 5.77. The highest BCUT2D eigenvalue weighted by atomic mass is 16.7. The van der Waals surface area contributed by atoms with E-state index in [1.54, 1.807) is 14.2 Å². The van der Waals surface area contributed by atoms with E-state index in [9.17, 15) is 0 Å². The van der Waals surface area contributed by atoms with Gasteiger partial charge in [-0.15, -0.1) is 0 Å². The first-order valence-electron chi connectivity index (χ1n) is 8.28. The summed E-state index contributed by atoms with van der Waals surface area (Å²) in [6, 6.07) is 9.99. The van der Waals surface area contributed by atoms with Gasteiger partial charge < -0.3 is 23.9 Å². The first kappa shape index (κ1) is 14.5. The van der Waals surface area contributed by atoms with Gasteiger partial charge in [-0.25, -0.2) is 4.98 Å². The minimum Gasteiger partial charge on any atom is -0.497 e. The predicted octanol–water partition coefficient (Wildman–Crippen LogP) is 3.58. The predicted molar refractivity (Wildman–Crippen MR) is 91.9 cm³/mol. The Bertz CT molecular complexity index is 965. The van der Waals surface area contributed by atoms with Gasteiger partial charge in [-0.1, -0.05) is 0 Å². The van der Waals surface area contributed by atoms with Gasteiger partial charge in [0, 0.05) is 12.0 Å². The molecule has 1 aliphatic heterocycles. The van der Waals surface area contributed by atoms with Crippen LogP contribution in [0.25, 0.3) is 11.0 Å². The summed E-state index contributed by atoms with van der Waals surface area (Å²) in [5.41, 5.74) is 3.16. The van der Waals surface area contributed by atoms with Crippen molar-refractivity contribution in [3.05, 3.63) is 41.7 Å². The number of aromatic nitrogens is 2. The Hall–Kier alpha value is -2.89. The highest BCUT2D eigenvalue weighted by Gasteiger charge is 2.43. The van der Waals surface area contributed by atoms with E-state index in [-0.39, 0.29) is 6.79 Å². The average molecular weight is 338 g/mol. The van der Waals surface area contributed by atoms with Crippen LogP contribution in [0.2, 0.25) is 0 Å². The van der Waals surface area contributed by atoms with Crippen LogP contribution in [-0.2, 0) is 0 Å². The molecule has 1 fully saturated rings. The Morgan fingerprint density at radius 1 is 1.08 bits per heavy atom. The molecule has 3 aromatic rings. The maximum absolute atomic E-state index is 5.53. The van der Waals surface area contributed by atoms with E-state index in [1.165, 1.54) is 5.56 Å². The molecule has 0 amide bonds. The molecule has 6 nitrogen and oxygen atoms in total. The van der Waals surface area contributed by atoms with Crippen LogP contribution in [0.5, 0.6) is 23.0 Å². The second kappa shape index (κ2) is 5.31. The lowest BCUT2D eigenvalue weighted by atomic mass is 10.1. The fourth-order valence-electron chi connectivity index (χ4n) is 3.54. The molecule has 2 heterocycles. The van der Waals surface area contributed by atoms with Crippen LogP contribution in [0.3, 0.4) is 0 Å². The van der Waals surface area contributed by atoms with E-state index in [0.29, 0.717) is 17.6 Å². The van der Waals surface area contributed by atoms with Crippen molar-refractivity contribution in [2.75, 3.05) is 21.0 Å².